The van der Waals surface area contributed by atoms with Gasteiger partial charge in [0.05, 0.1) is 31.3 Å². The minimum absolute atomic E-state index is 0.141. The van der Waals surface area contributed by atoms with Crippen LogP contribution in [0, 0.1) is 11.3 Å². The number of hydrogen-bond acceptors (Lipinski definition) is 3. The van der Waals surface area contributed by atoms with Gasteiger partial charge in [0.25, 0.3) is 0 Å². The molecule has 0 saturated heterocycles. The maximum absolute atomic E-state index is 10.1. The summed E-state index contributed by atoms with van der Waals surface area (Å²) >= 11 is 0. The summed E-state index contributed by atoms with van der Waals surface area (Å²) in [6.07, 6.45) is -0.828. The molecular formula is C17H17NO2. The summed E-state index contributed by atoms with van der Waals surface area (Å²) in [4.78, 5) is 0. The van der Waals surface area contributed by atoms with Crippen LogP contribution in [-0.4, -0.2) is 17.8 Å². The predicted molar refractivity (Wildman–Crippen MR) is 76.9 cm³/mol. The minimum atomic E-state index is -0.828. The highest BCUT2D eigenvalue weighted by atomic mass is 16.5. The Kier molecular flexibility index (Phi) is 5.31. The second-order valence-corrected chi connectivity index (χ2v) is 4.59. The smallest absolute Gasteiger partial charge is 0.0994 e. The van der Waals surface area contributed by atoms with Crippen LogP contribution in [0.5, 0.6) is 0 Å². The first kappa shape index (κ1) is 14.3. The van der Waals surface area contributed by atoms with E-state index in [1.165, 1.54) is 0 Å². The van der Waals surface area contributed by atoms with Crippen LogP contribution < -0.4 is 0 Å². The lowest BCUT2D eigenvalue weighted by atomic mass is 9.95. The Labute approximate surface area is 119 Å². The van der Waals surface area contributed by atoms with E-state index < -0.39 is 12.0 Å². The number of nitrogens with zero attached hydrogens (tertiary/aromatic N) is 1. The lowest BCUT2D eigenvalue weighted by Gasteiger charge is -2.17. The van der Waals surface area contributed by atoms with Crippen molar-refractivity contribution in [2.24, 2.45) is 0 Å². The van der Waals surface area contributed by atoms with E-state index in [1.54, 1.807) is 0 Å². The predicted octanol–water partition coefficient (Wildman–Crippen LogP) is 2.87. The second kappa shape index (κ2) is 7.44. The summed E-state index contributed by atoms with van der Waals surface area (Å²) in [7, 11) is 0. The molecule has 0 radical (unpaired) electrons. The second-order valence-electron chi connectivity index (χ2n) is 4.59. The van der Waals surface area contributed by atoms with Gasteiger partial charge in [0, 0.05) is 0 Å². The highest BCUT2D eigenvalue weighted by Gasteiger charge is 2.20. The molecule has 0 amide bonds. The molecule has 102 valence electrons. The van der Waals surface area contributed by atoms with Crippen molar-refractivity contribution in [1.29, 1.82) is 5.26 Å². The van der Waals surface area contributed by atoms with Gasteiger partial charge in [-0.05, 0) is 11.1 Å². The number of aliphatic hydroxyl groups is 1. The monoisotopic (exact) mass is 267 g/mol. The Hall–Kier alpha value is -2.15. The summed E-state index contributed by atoms with van der Waals surface area (Å²) < 4.78 is 5.48. The number of nitriles is 1. The number of ether oxygens (including phenoxy) is 1. The van der Waals surface area contributed by atoms with Crippen LogP contribution in [0.1, 0.15) is 17.0 Å². The van der Waals surface area contributed by atoms with E-state index in [2.05, 4.69) is 6.07 Å². The third-order valence-electron chi connectivity index (χ3n) is 3.08. The first-order chi connectivity index (χ1) is 9.81. The number of rotatable bonds is 6. The zero-order valence-corrected chi connectivity index (χ0v) is 11.1. The molecule has 2 aromatic rings. The maximum Gasteiger partial charge on any atom is 0.0994 e. The van der Waals surface area contributed by atoms with Gasteiger partial charge in [0.15, 0.2) is 0 Å². The summed E-state index contributed by atoms with van der Waals surface area (Å²) in [5, 5.41) is 19.3. The van der Waals surface area contributed by atoms with Crippen molar-refractivity contribution >= 4 is 0 Å². The third kappa shape index (κ3) is 3.92. The number of benzene rings is 2. The summed E-state index contributed by atoms with van der Waals surface area (Å²) in [6, 6.07) is 21.2. The minimum Gasteiger partial charge on any atom is -0.389 e. The highest BCUT2D eigenvalue weighted by molar-refractivity contribution is 5.26. The van der Waals surface area contributed by atoms with E-state index >= 15 is 0 Å². The van der Waals surface area contributed by atoms with Gasteiger partial charge in [-0.1, -0.05) is 60.7 Å². The van der Waals surface area contributed by atoms with Gasteiger partial charge in [-0.3, -0.25) is 0 Å². The SMILES string of the molecule is N#CC(c1ccccc1)C(O)COCc1ccccc1. The molecule has 0 fully saturated rings. The summed E-state index contributed by atoms with van der Waals surface area (Å²) in [6.45, 7) is 0.576. The van der Waals surface area contributed by atoms with Gasteiger partial charge in [-0.15, -0.1) is 0 Å². The highest BCUT2D eigenvalue weighted by Crippen LogP contribution is 2.19. The van der Waals surface area contributed by atoms with Gasteiger partial charge in [0.2, 0.25) is 0 Å². The zero-order valence-electron chi connectivity index (χ0n) is 11.1. The molecule has 0 heterocycles. The third-order valence-corrected chi connectivity index (χ3v) is 3.08. The van der Waals surface area contributed by atoms with E-state index in [4.69, 9.17) is 4.74 Å². The Morgan fingerprint density at radius 3 is 2.20 bits per heavy atom. The van der Waals surface area contributed by atoms with Crippen LogP contribution in [0.25, 0.3) is 0 Å². The molecule has 20 heavy (non-hydrogen) atoms. The van der Waals surface area contributed by atoms with E-state index in [9.17, 15) is 10.4 Å². The Morgan fingerprint density at radius 2 is 1.60 bits per heavy atom. The fraction of sp³-hybridized carbons (Fsp3) is 0.235. The molecule has 1 N–H and O–H groups in total. The first-order valence-electron chi connectivity index (χ1n) is 6.55. The molecule has 0 aromatic heterocycles. The van der Waals surface area contributed by atoms with Crippen molar-refractivity contribution in [2.45, 2.75) is 18.6 Å². The zero-order chi connectivity index (χ0) is 14.2. The van der Waals surface area contributed by atoms with Gasteiger partial charge < -0.3 is 9.84 Å². The normalized spacial score (nSPS) is 13.4. The average Bonchev–Trinajstić information content (AvgIpc) is 2.50. The van der Waals surface area contributed by atoms with Crippen molar-refractivity contribution in [2.75, 3.05) is 6.61 Å². The molecule has 0 bridgehead atoms. The van der Waals surface area contributed by atoms with Crippen LogP contribution in [0.2, 0.25) is 0 Å². The topological polar surface area (TPSA) is 53.2 Å². The molecule has 0 aliphatic heterocycles. The molecule has 3 heteroatoms. The largest absolute Gasteiger partial charge is 0.389 e. The Morgan fingerprint density at radius 1 is 1.00 bits per heavy atom. The van der Waals surface area contributed by atoms with E-state index in [1.807, 2.05) is 60.7 Å². The van der Waals surface area contributed by atoms with Gasteiger partial charge in [-0.2, -0.15) is 5.26 Å². The average molecular weight is 267 g/mol. The van der Waals surface area contributed by atoms with Crippen LogP contribution in [0.15, 0.2) is 60.7 Å². The first-order valence-corrected chi connectivity index (χ1v) is 6.55. The molecule has 0 aliphatic rings. The molecule has 0 spiro atoms. The molecule has 3 nitrogen and oxygen atoms in total. The Bertz CT molecular complexity index is 548. The summed E-state index contributed by atoms with van der Waals surface area (Å²) in [5.41, 5.74) is 1.86. The molecule has 2 atom stereocenters. The van der Waals surface area contributed by atoms with Crippen molar-refractivity contribution in [3.63, 3.8) is 0 Å². The lowest BCUT2D eigenvalue weighted by Crippen LogP contribution is -2.23. The molecule has 2 unspecified atom stereocenters. The van der Waals surface area contributed by atoms with Gasteiger partial charge in [-0.25, -0.2) is 0 Å². The molecule has 2 rings (SSSR count). The molecule has 0 aliphatic carbocycles. The Balaban J connectivity index is 1.88. The molecular weight excluding hydrogens is 250 g/mol. The fourth-order valence-corrected chi connectivity index (χ4v) is 2.01. The van der Waals surface area contributed by atoms with Crippen LogP contribution in [0.4, 0.5) is 0 Å². The summed E-state index contributed by atoms with van der Waals surface area (Å²) in [5.74, 6) is -0.563. The van der Waals surface area contributed by atoms with Crippen molar-refractivity contribution < 1.29 is 9.84 Å². The molecule has 2 aromatic carbocycles. The quantitative estimate of drug-likeness (QED) is 0.875. The van der Waals surface area contributed by atoms with Gasteiger partial charge in [0.1, 0.15) is 0 Å². The lowest BCUT2D eigenvalue weighted by molar-refractivity contribution is 0.0228. The van der Waals surface area contributed by atoms with E-state index in [0.717, 1.165) is 11.1 Å². The number of aliphatic hydroxyl groups excluding tert-OH is 1. The fourth-order valence-electron chi connectivity index (χ4n) is 2.01. The van der Waals surface area contributed by atoms with Crippen LogP contribution in [-0.2, 0) is 11.3 Å². The van der Waals surface area contributed by atoms with E-state index in [0.29, 0.717) is 6.61 Å². The van der Waals surface area contributed by atoms with Crippen LogP contribution >= 0.6 is 0 Å². The maximum atomic E-state index is 10.1. The molecule has 0 saturated carbocycles. The van der Waals surface area contributed by atoms with E-state index in [-0.39, 0.29) is 6.61 Å². The van der Waals surface area contributed by atoms with Crippen molar-refractivity contribution in [3.05, 3.63) is 71.8 Å². The van der Waals surface area contributed by atoms with Gasteiger partial charge >= 0.3 is 0 Å². The standard InChI is InChI=1S/C17H17NO2/c18-11-16(15-9-5-2-6-10-15)17(19)13-20-12-14-7-3-1-4-8-14/h1-10,16-17,19H,12-13H2. The van der Waals surface area contributed by atoms with Crippen LogP contribution in [0.3, 0.4) is 0 Å². The van der Waals surface area contributed by atoms with Crippen molar-refractivity contribution in [3.8, 4) is 6.07 Å². The van der Waals surface area contributed by atoms with Crippen molar-refractivity contribution in [1.82, 2.24) is 0 Å². The number of hydrogen-bond donors (Lipinski definition) is 1.